The first-order valence-electron chi connectivity index (χ1n) is 10.4. The average Bonchev–Trinajstić information content (AvgIpc) is 3.23. The Labute approximate surface area is 192 Å². The van der Waals surface area contributed by atoms with Gasteiger partial charge in [0.25, 0.3) is 11.9 Å². The van der Waals surface area contributed by atoms with Gasteiger partial charge in [0.2, 0.25) is 5.91 Å². The van der Waals surface area contributed by atoms with Crippen LogP contribution in [0.15, 0.2) is 54.7 Å². The van der Waals surface area contributed by atoms with E-state index in [2.05, 4.69) is 15.3 Å². The van der Waals surface area contributed by atoms with E-state index in [1.165, 1.54) is 4.90 Å². The summed E-state index contributed by atoms with van der Waals surface area (Å²) in [6, 6.07) is 13.7. The molecule has 8 heteroatoms. The van der Waals surface area contributed by atoms with Gasteiger partial charge >= 0.3 is 0 Å². The molecule has 1 aliphatic rings. The molecule has 0 radical (unpaired) electrons. The van der Waals surface area contributed by atoms with Gasteiger partial charge in [0, 0.05) is 68.8 Å². The number of pyridine rings is 1. The summed E-state index contributed by atoms with van der Waals surface area (Å²) in [5, 5.41) is 10.3. The summed E-state index contributed by atoms with van der Waals surface area (Å²) in [5.41, 5.74) is 6.28. The van der Waals surface area contributed by atoms with Gasteiger partial charge < -0.3 is 20.3 Å². The first-order chi connectivity index (χ1) is 15.7. The van der Waals surface area contributed by atoms with E-state index in [9.17, 15) is 9.59 Å². The van der Waals surface area contributed by atoms with Gasteiger partial charge in [-0.05, 0) is 35.9 Å². The Balaban J connectivity index is 0.000000709. The fraction of sp³-hybridized carbons (Fsp3) is 0.200. The Morgan fingerprint density at radius 1 is 1.12 bits per heavy atom. The molecule has 33 heavy (non-hydrogen) atoms. The second-order valence-corrected chi connectivity index (χ2v) is 7.72. The number of carbonyl (C=O) groups is 3. The van der Waals surface area contributed by atoms with E-state index in [1.54, 1.807) is 32.4 Å². The number of hydrogen-bond acceptors (Lipinski definition) is 4. The molecule has 170 valence electrons. The molecule has 0 fully saturated rings. The molecule has 0 saturated carbocycles. The maximum atomic E-state index is 12.0. The standard InChI is InChI=1S/C23H22N4O2.C2H4O2/c1-27(2)22(28)7-6-15-4-3-5-16(12-15)20-13-17(8-10-24-20)21-14-18-19(26-21)9-11-25-23(18)29;1-2(3)4/h3-8,10,12-14,26H,9,11H2,1-2H3,(H,25,29);1H3,(H,3,4)/b7-6+;. The zero-order valence-corrected chi connectivity index (χ0v) is 18.8. The number of amides is 2. The normalized spacial score (nSPS) is 12.4. The minimum atomic E-state index is -0.833. The third kappa shape index (κ3) is 6.16. The van der Waals surface area contributed by atoms with Gasteiger partial charge in [0.15, 0.2) is 0 Å². The molecule has 0 atom stereocenters. The molecule has 0 saturated heterocycles. The lowest BCUT2D eigenvalue weighted by Gasteiger charge is -2.11. The minimum Gasteiger partial charge on any atom is -0.481 e. The number of carboxylic acids is 1. The number of aromatic nitrogens is 2. The second kappa shape index (κ2) is 10.4. The van der Waals surface area contributed by atoms with Crippen molar-refractivity contribution < 1.29 is 19.5 Å². The average molecular weight is 447 g/mol. The summed E-state index contributed by atoms with van der Waals surface area (Å²) in [4.78, 5) is 42.2. The van der Waals surface area contributed by atoms with Crippen LogP contribution in [0.25, 0.3) is 28.6 Å². The second-order valence-electron chi connectivity index (χ2n) is 7.72. The first kappa shape index (κ1) is 23.5. The van der Waals surface area contributed by atoms with Crippen molar-refractivity contribution in [2.24, 2.45) is 0 Å². The molecule has 0 spiro atoms. The van der Waals surface area contributed by atoms with Crippen molar-refractivity contribution in [1.82, 2.24) is 20.2 Å². The van der Waals surface area contributed by atoms with Crippen molar-refractivity contribution in [2.75, 3.05) is 20.6 Å². The fourth-order valence-electron chi connectivity index (χ4n) is 3.32. The zero-order chi connectivity index (χ0) is 24.0. The molecule has 1 aliphatic heterocycles. The van der Waals surface area contributed by atoms with Crippen LogP contribution in [-0.2, 0) is 16.0 Å². The maximum Gasteiger partial charge on any atom is 0.300 e. The number of aliphatic carboxylic acids is 1. The Hall–Kier alpha value is -4.20. The number of likely N-dealkylation sites (N-methyl/N-ethyl adjacent to an activating group) is 1. The Morgan fingerprint density at radius 3 is 2.58 bits per heavy atom. The predicted octanol–water partition coefficient (Wildman–Crippen LogP) is 3.22. The van der Waals surface area contributed by atoms with Crippen molar-refractivity contribution in [2.45, 2.75) is 13.3 Å². The Kier molecular flexibility index (Phi) is 7.40. The number of nitrogens with one attached hydrogen (secondary N) is 2. The van der Waals surface area contributed by atoms with Gasteiger partial charge in [-0.1, -0.05) is 18.2 Å². The largest absolute Gasteiger partial charge is 0.481 e. The lowest BCUT2D eigenvalue weighted by molar-refractivity contribution is -0.134. The number of carboxylic acid groups (broad SMARTS) is 1. The number of nitrogens with zero attached hydrogens (tertiary/aromatic N) is 2. The molecule has 0 aliphatic carbocycles. The molecule has 2 aromatic heterocycles. The summed E-state index contributed by atoms with van der Waals surface area (Å²) in [7, 11) is 3.45. The number of carbonyl (C=O) groups excluding carboxylic acids is 2. The van der Waals surface area contributed by atoms with Crippen LogP contribution in [0.5, 0.6) is 0 Å². The number of hydrogen-bond donors (Lipinski definition) is 3. The van der Waals surface area contributed by atoms with Crippen molar-refractivity contribution in [3.05, 3.63) is 71.6 Å². The van der Waals surface area contributed by atoms with E-state index in [1.807, 2.05) is 42.5 Å². The predicted molar refractivity (Wildman–Crippen MR) is 127 cm³/mol. The quantitative estimate of drug-likeness (QED) is 0.532. The molecule has 0 bridgehead atoms. The minimum absolute atomic E-state index is 0.0326. The van der Waals surface area contributed by atoms with E-state index >= 15 is 0 Å². The van der Waals surface area contributed by atoms with Crippen LogP contribution in [0.1, 0.15) is 28.5 Å². The maximum absolute atomic E-state index is 12.0. The highest BCUT2D eigenvalue weighted by Crippen LogP contribution is 2.27. The molecule has 0 unspecified atom stereocenters. The highest BCUT2D eigenvalue weighted by atomic mass is 16.4. The Morgan fingerprint density at radius 2 is 1.88 bits per heavy atom. The molecular weight excluding hydrogens is 420 g/mol. The van der Waals surface area contributed by atoms with Gasteiger partial charge in [-0.2, -0.15) is 0 Å². The van der Waals surface area contributed by atoms with Gasteiger partial charge in [-0.25, -0.2) is 0 Å². The fourth-order valence-corrected chi connectivity index (χ4v) is 3.32. The highest BCUT2D eigenvalue weighted by Gasteiger charge is 2.20. The van der Waals surface area contributed by atoms with E-state index in [0.717, 1.165) is 47.1 Å². The SMILES string of the molecule is CC(=O)O.CN(C)C(=O)/C=C/c1cccc(-c2cc(-c3cc4c([nH]3)CCNC4=O)ccn2)c1. The van der Waals surface area contributed by atoms with Crippen LogP contribution in [0.2, 0.25) is 0 Å². The number of fused-ring (bicyclic) bond motifs is 1. The van der Waals surface area contributed by atoms with Crippen LogP contribution in [-0.4, -0.2) is 58.4 Å². The number of H-pyrrole nitrogens is 1. The molecular formula is C25H26N4O4. The van der Waals surface area contributed by atoms with Crippen molar-refractivity contribution in [3.8, 4) is 22.5 Å². The number of rotatable bonds is 4. The summed E-state index contributed by atoms with van der Waals surface area (Å²) in [5.74, 6) is -0.926. The number of aromatic amines is 1. The van der Waals surface area contributed by atoms with Crippen LogP contribution in [0.3, 0.4) is 0 Å². The van der Waals surface area contributed by atoms with Crippen LogP contribution in [0.4, 0.5) is 0 Å². The van der Waals surface area contributed by atoms with Crippen molar-refractivity contribution in [3.63, 3.8) is 0 Å². The number of benzene rings is 1. The van der Waals surface area contributed by atoms with Gasteiger partial charge in [0.1, 0.15) is 0 Å². The molecule has 3 heterocycles. The van der Waals surface area contributed by atoms with Crippen LogP contribution < -0.4 is 5.32 Å². The van der Waals surface area contributed by atoms with E-state index < -0.39 is 5.97 Å². The smallest absolute Gasteiger partial charge is 0.300 e. The van der Waals surface area contributed by atoms with Gasteiger partial charge in [-0.15, -0.1) is 0 Å². The third-order valence-corrected chi connectivity index (χ3v) is 4.92. The summed E-state index contributed by atoms with van der Waals surface area (Å²) in [6.45, 7) is 1.74. The van der Waals surface area contributed by atoms with Gasteiger partial charge in [-0.3, -0.25) is 19.4 Å². The molecule has 4 rings (SSSR count). The molecule has 3 aromatic rings. The highest BCUT2D eigenvalue weighted by molar-refractivity contribution is 5.98. The van der Waals surface area contributed by atoms with Crippen LogP contribution in [0, 0.1) is 0 Å². The van der Waals surface area contributed by atoms with Gasteiger partial charge in [0.05, 0.1) is 11.3 Å². The molecule has 2 amide bonds. The summed E-state index contributed by atoms with van der Waals surface area (Å²) >= 11 is 0. The first-order valence-corrected chi connectivity index (χ1v) is 10.4. The van der Waals surface area contributed by atoms with Crippen LogP contribution >= 0.6 is 0 Å². The summed E-state index contributed by atoms with van der Waals surface area (Å²) in [6.07, 6.45) is 5.92. The van der Waals surface area contributed by atoms with E-state index in [0.29, 0.717) is 12.1 Å². The topological polar surface area (TPSA) is 115 Å². The van der Waals surface area contributed by atoms with E-state index in [4.69, 9.17) is 9.90 Å². The van der Waals surface area contributed by atoms with Crippen molar-refractivity contribution in [1.29, 1.82) is 0 Å². The summed E-state index contributed by atoms with van der Waals surface area (Å²) < 4.78 is 0. The zero-order valence-electron chi connectivity index (χ0n) is 18.8. The molecule has 1 aromatic carbocycles. The Bertz CT molecular complexity index is 1210. The molecule has 3 N–H and O–H groups in total. The van der Waals surface area contributed by atoms with E-state index in [-0.39, 0.29) is 11.8 Å². The third-order valence-electron chi connectivity index (χ3n) is 4.92. The lowest BCUT2D eigenvalue weighted by Crippen LogP contribution is -2.31. The van der Waals surface area contributed by atoms with Crippen molar-refractivity contribution >= 4 is 23.9 Å². The lowest BCUT2D eigenvalue weighted by atomic mass is 10.0. The monoisotopic (exact) mass is 446 g/mol. The molecule has 8 nitrogen and oxygen atoms in total.